The van der Waals surface area contributed by atoms with Crippen molar-refractivity contribution in [1.82, 2.24) is 9.88 Å². The average molecular weight is 302 g/mol. The van der Waals surface area contributed by atoms with Gasteiger partial charge in [-0.25, -0.2) is 9.78 Å². The van der Waals surface area contributed by atoms with Crippen LogP contribution in [0, 0.1) is 0 Å². The minimum absolute atomic E-state index is 0.0526. The second-order valence-electron chi connectivity index (χ2n) is 5.14. The van der Waals surface area contributed by atoms with Crippen molar-refractivity contribution in [1.29, 1.82) is 0 Å². The highest BCUT2D eigenvalue weighted by atomic mass is 32.1. The lowest BCUT2D eigenvalue weighted by Crippen LogP contribution is -2.38. The van der Waals surface area contributed by atoms with Crippen molar-refractivity contribution in [2.24, 2.45) is 0 Å². The molecular weight excluding hydrogens is 284 g/mol. The largest absolute Gasteiger partial charge is 0.399 e. The standard InChI is InChI=1S/C15H18N4OS/c16-12-6-4-5-11(9-12)13-10-21-14(17-13)18-15(20)19-7-2-1-3-8-19/h4-6,9-10H,1-3,7-8,16H2,(H,17,18,20). The first-order valence-corrected chi connectivity index (χ1v) is 7.98. The molecule has 1 aliphatic rings. The smallest absolute Gasteiger partial charge is 0.323 e. The highest BCUT2D eigenvalue weighted by Gasteiger charge is 2.17. The van der Waals surface area contributed by atoms with E-state index >= 15 is 0 Å². The number of anilines is 2. The van der Waals surface area contributed by atoms with Gasteiger partial charge in [0.15, 0.2) is 5.13 Å². The molecule has 2 aromatic rings. The van der Waals surface area contributed by atoms with Crippen LogP contribution in [0.15, 0.2) is 29.6 Å². The van der Waals surface area contributed by atoms with E-state index in [0.717, 1.165) is 37.2 Å². The fraction of sp³-hybridized carbons (Fsp3) is 0.333. The summed E-state index contributed by atoms with van der Waals surface area (Å²) < 4.78 is 0. The van der Waals surface area contributed by atoms with Gasteiger partial charge >= 0.3 is 6.03 Å². The number of carbonyl (C=O) groups is 1. The molecule has 21 heavy (non-hydrogen) atoms. The molecule has 1 aliphatic heterocycles. The first kappa shape index (κ1) is 13.9. The molecule has 1 saturated heterocycles. The van der Waals surface area contributed by atoms with E-state index in [0.29, 0.717) is 10.8 Å². The maximum atomic E-state index is 12.1. The van der Waals surface area contributed by atoms with Gasteiger partial charge in [-0.15, -0.1) is 11.3 Å². The van der Waals surface area contributed by atoms with Crippen LogP contribution in [0.3, 0.4) is 0 Å². The van der Waals surface area contributed by atoms with Crippen LogP contribution in [0.4, 0.5) is 15.6 Å². The highest BCUT2D eigenvalue weighted by Crippen LogP contribution is 2.26. The van der Waals surface area contributed by atoms with Crippen LogP contribution in [0.2, 0.25) is 0 Å². The molecule has 6 heteroatoms. The van der Waals surface area contributed by atoms with E-state index in [2.05, 4.69) is 10.3 Å². The summed E-state index contributed by atoms with van der Waals surface area (Å²) in [6.07, 6.45) is 3.38. The van der Waals surface area contributed by atoms with Crippen molar-refractivity contribution in [3.05, 3.63) is 29.6 Å². The summed E-state index contributed by atoms with van der Waals surface area (Å²) in [4.78, 5) is 18.4. The Morgan fingerprint density at radius 3 is 2.86 bits per heavy atom. The number of nitrogens with zero attached hydrogens (tertiary/aromatic N) is 2. The molecule has 0 aliphatic carbocycles. The number of aromatic nitrogens is 1. The highest BCUT2D eigenvalue weighted by molar-refractivity contribution is 7.14. The van der Waals surface area contributed by atoms with E-state index in [1.807, 2.05) is 34.5 Å². The molecule has 0 atom stereocenters. The van der Waals surface area contributed by atoms with Crippen molar-refractivity contribution in [3.63, 3.8) is 0 Å². The number of nitrogens with two attached hydrogens (primary N) is 1. The lowest BCUT2D eigenvalue weighted by Gasteiger charge is -2.26. The molecule has 0 radical (unpaired) electrons. The molecule has 1 aromatic heterocycles. The number of nitrogen functional groups attached to an aromatic ring is 1. The van der Waals surface area contributed by atoms with E-state index in [1.54, 1.807) is 0 Å². The van der Waals surface area contributed by atoms with Crippen molar-refractivity contribution in [3.8, 4) is 11.3 Å². The second kappa shape index (κ2) is 6.13. The third-order valence-corrected chi connectivity index (χ3v) is 4.30. The molecule has 5 nitrogen and oxygen atoms in total. The summed E-state index contributed by atoms with van der Waals surface area (Å²) in [5.41, 5.74) is 8.29. The van der Waals surface area contributed by atoms with Crippen molar-refractivity contribution in [2.45, 2.75) is 19.3 Å². The van der Waals surface area contributed by atoms with Crippen LogP contribution in [-0.4, -0.2) is 29.0 Å². The monoisotopic (exact) mass is 302 g/mol. The number of carbonyl (C=O) groups excluding carboxylic acids is 1. The number of likely N-dealkylation sites (tertiary alicyclic amines) is 1. The zero-order valence-corrected chi connectivity index (χ0v) is 12.5. The quantitative estimate of drug-likeness (QED) is 0.835. The van der Waals surface area contributed by atoms with E-state index in [1.165, 1.54) is 17.8 Å². The Kier molecular flexibility index (Phi) is 4.06. The lowest BCUT2D eigenvalue weighted by atomic mass is 10.1. The number of urea groups is 1. The molecule has 1 aromatic carbocycles. The Morgan fingerprint density at radius 1 is 1.29 bits per heavy atom. The zero-order valence-electron chi connectivity index (χ0n) is 11.7. The second-order valence-corrected chi connectivity index (χ2v) is 6.00. The molecule has 2 amide bonds. The number of thiazole rings is 1. The topological polar surface area (TPSA) is 71.2 Å². The maximum absolute atomic E-state index is 12.1. The van der Waals surface area contributed by atoms with Gasteiger partial charge in [0.25, 0.3) is 0 Å². The predicted octanol–water partition coefficient (Wildman–Crippen LogP) is 3.41. The molecule has 3 N–H and O–H groups in total. The molecule has 1 fully saturated rings. The van der Waals surface area contributed by atoms with E-state index in [4.69, 9.17) is 5.73 Å². The first-order valence-electron chi connectivity index (χ1n) is 7.10. The molecule has 0 bridgehead atoms. The predicted molar refractivity (Wildman–Crippen MR) is 86.4 cm³/mol. The number of amides is 2. The Labute approximate surface area is 127 Å². The zero-order chi connectivity index (χ0) is 14.7. The molecule has 0 unspecified atom stereocenters. The fourth-order valence-electron chi connectivity index (χ4n) is 2.43. The molecule has 110 valence electrons. The SMILES string of the molecule is Nc1cccc(-c2csc(NC(=O)N3CCCCC3)n2)c1. The van der Waals surface area contributed by atoms with E-state index in [9.17, 15) is 4.79 Å². The van der Waals surface area contributed by atoms with Gasteiger partial charge in [0, 0.05) is 29.7 Å². The van der Waals surface area contributed by atoms with E-state index in [-0.39, 0.29) is 6.03 Å². The van der Waals surface area contributed by atoms with Gasteiger partial charge < -0.3 is 10.6 Å². The Balaban J connectivity index is 1.69. The Hall–Kier alpha value is -2.08. The van der Waals surface area contributed by atoms with Gasteiger partial charge in [-0.2, -0.15) is 0 Å². The lowest BCUT2D eigenvalue weighted by molar-refractivity contribution is 0.200. The van der Waals surface area contributed by atoms with Gasteiger partial charge in [-0.3, -0.25) is 5.32 Å². The first-order chi connectivity index (χ1) is 10.2. The molecule has 0 spiro atoms. The van der Waals surface area contributed by atoms with Gasteiger partial charge in [-0.05, 0) is 31.4 Å². The molecule has 3 rings (SSSR count). The summed E-state index contributed by atoms with van der Waals surface area (Å²) in [5, 5.41) is 5.44. The summed E-state index contributed by atoms with van der Waals surface area (Å²) in [6.45, 7) is 1.67. The van der Waals surface area contributed by atoms with Gasteiger partial charge in [0.2, 0.25) is 0 Å². The number of benzene rings is 1. The number of rotatable bonds is 2. The number of hydrogen-bond acceptors (Lipinski definition) is 4. The van der Waals surface area contributed by atoms with Crippen molar-refractivity contribution >= 4 is 28.2 Å². The molecular formula is C15H18N4OS. The van der Waals surface area contributed by atoms with Crippen LogP contribution in [0.1, 0.15) is 19.3 Å². The minimum Gasteiger partial charge on any atom is -0.399 e. The Bertz CT molecular complexity index is 634. The van der Waals surface area contributed by atoms with Crippen LogP contribution >= 0.6 is 11.3 Å². The summed E-state index contributed by atoms with van der Waals surface area (Å²) >= 11 is 1.43. The van der Waals surface area contributed by atoms with E-state index < -0.39 is 0 Å². The Morgan fingerprint density at radius 2 is 2.10 bits per heavy atom. The van der Waals surface area contributed by atoms with Gasteiger partial charge in [-0.1, -0.05) is 12.1 Å². The minimum atomic E-state index is -0.0526. The van der Waals surface area contributed by atoms with Crippen LogP contribution in [-0.2, 0) is 0 Å². The molecule has 2 heterocycles. The van der Waals surface area contributed by atoms with Crippen LogP contribution < -0.4 is 11.1 Å². The number of nitrogens with one attached hydrogen (secondary N) is 1. The van der Waals surface area contributed by atoms with Crippen molar-refractivity contribution in [2.75, 3.05) is 24.1 Å². The third-order valence-electron chi connectivity index (χ3n) is 3.54. The van der Waals surface area contributed by atoms with Crippen molar-refractivity contribution < 1.29 is 4.79 Å². The normalized spacial score (nSPS) is 15.0. The number of hydrogen-bond donors (Lipinski definition) is 2. The molecule has 0 saturated carbocycles. The summed E-state index contributed by atoms with van der Waals surface area (Å²) in [6, 6.07) is 7.53. The van der Waals surface area contributed by atoms with Crippen LogP contribution in [0.25, 0.3) is 11.3 Å². The summed E-state index contributed by atoms with van der Waals surface area (Å²) in [5.74, 6) is 0. The number of piperidine rings is 1. The maximum Gasteiger partial charge on any atom is 0.323 e. The third kappa shape index (κ3) is 3.33. The van der Waals surface area contributed by atoms with Gasteiger partial charge in [0.05, 0.1) is 5.69 Å². The summed E-state index contributed by atoms with van der Waals surface area (Å²) in [7, 11) is 0. The fourth-order valence-corrected chi connectivity index (χ4v) is 3.14. The van der Waals surface area contributed by atoms with Crippen LogP contribution in [0.5, 0.6) is 0 Å². The average Bonchev–Trinajstić information content (AvgIpc) is 2.97. The van der Waals surface area contributed by atoms with Gasteiger partial charge in [0.1, 0.15) is 0 Å².